The highest BCUT2D eigenvalue weighted by molar-refractivity contribution is 5.94. The first-order chi connectivity index (χ1) is 34.7. The molecule has 0 spiro atoms. The Morgan fingerprint density at radius 3 is 1.75 bits per heavy atom. The maximum Gasteiger partial charge on any atom is 0.251 e. The molecule has 4 aromatic rings. The molecule has 4 aromatic carbocycles. The summed E-state index contributed by atoms with van der Waals surface area (Å²) in [4.78, 5) is 16.6. The van der Waals surface area contributed by atoms with E-state index in [9.17, 15) is 23.8 Å². The van der Waals surface area contributed by atoms with Crippen molar-refractivity contribution in [2.24, 2.45) is 11.0 Å². The van der Waals surface area contributed by atoms with E-state index in [1.807, 2.05) is 97.9 Å². The molecule has 0 bridgehead atoms. The molecule has 1 unspecified atom stereocenters. The van der Waals surface area contributed by atoms with E-state index >= 15 is 0 Å². The van der Waals surface area contributed by atoms with E-state index in [-0.39, 0.29) is 57.5 Å². The lowest BCUT2D eigenvalue weighted by Gasteiger charge is -2.46. The smallest absolute Gasteiger partial charge is 0.251 e. The van der Waals surface area contributed by atoms with Crippen molar-refractivity contribution in [3.05, 3.63) is 154 Å². The fraction of sp³-hybridized carbons (Fsp3) is 0.554. The molecular formula is C56H76F2N4O9. The molecule has 1 aliphatic rings. The van der Waals surface area contributed by atoms with Crippen LogP contribution < -0.4 is 5.32 Å². The SMILES string of the molecule is CCCCCCCCCCCCCC[C@@H](O)[C@@H](O)[C@H](CO[C@H]1O[C@H](COCC(C)CN=[N+]=[N-])[C@H](OCc2ccccc2)[C@H](OCc2ccccc2)[C@H]1OCc1ccccc1)NC(=O)c1ccc(F)c(F)c1. The molecule has 1 fully saturated rings. The van der Waals surface area contributed by atoms with Crippen LogP contribution in [0.3, 0.4) is 0 Å². The molecule has 388 valence electrons. The number of amides is 1. The van der Waals surface area contributed by atoms with Crippen LogP contribution in [0.4, 0.5) is 8.78 Å². The molecule has 0 aromatic heterocycles. The number of ether oxygens (including phenoxy) is 6. The van der Waals surface area contributed by atoms with E-state index < -0.39 is 73.1 Å². The second kappa shape index (κ2) is 33.0. The summed E-state index contributed by atoms with van der Waals surface area (Å²) >= 11 is 0. The zero-order valence-corrected chi connectivity index (χ0v) is 41.6. The molecule has 15 heteroatoms. The van der Waals surface area contributed by atoms with Crippen molar-refractivity contribution in [1.29, 1.82) is 0 Å². The number of aliphatic hydroxyl groups is 2. The first kappa shape index (κ1) is 57.1. The summed E-state index contributed by atoms with van der Waals surface area (Å²) in [6.07, 6.45) is 6.42. The number of unbranched alkanes of at least 4 members (excludes halogenated alkanes) is 11. The molecule has 9 atom stereocenters. The van der Waals surface area contributed by atoms with Gasteiger partial charge >= 0.3 is 0 Å². The van der Waals surface area contributed by atoms with Gasteiger partial charge in [-0.3, -0.25) is 4.79 Å². The molecule has 71 heavy (non-hydrogen) atoms. The fourth-order valence-corrected chi connectivity index (χ4v) is 8.57. The summed E-state index contributed by atoms with van der Waals surface area (Å²) in [5.74, 6) is -3.25. The number of carbonyl (C=O) groups is 1. The molecule has 1 heterocycles. The van der Waals surface area contributed by atoms with Crippen molar-refractivity contribution in [1.82, 2.24) is 5.32 Å². The number of hydrogen-bond acceptors (Lipinski definition) is 10. The van der Waals surface area contributed by atoms with Gasteiger partial charge in [-0.2, -0.15) is 0 Å². The van der Waals surface area contributed by atoms with Crippen LogP contribution in [-0.4, -0.2) is 91.4 Å². The Morgan fingerprint density at radius 2 is 1.21 bits per heavy atom. The Hall–Kier alpha value is -4.80. The standard InChI is InChI=1S/C56H76F2N4O9/c1-3-4-5-6-7-8-9-10-11-12-13-23-30-49(63)51(64)48(61-55(65)45-31-32-46(57)47(58)33-45)39-70-56-54(69-38-44-28-21-16-22-29-44)53(68-37-43-26-19-15-20-27-43)52(67-36-42-24-17-14-18-25-42)50(71-56)40-66-35-41(2)34-60-62-59/h14-22,24-29,31-33,41,48-54,56,63-64H,3-13,23,30,34-40H2,1-2H3,(H,61,65)/t41?,48-,49+,50+,51-,52-,53-,54+,56-/m0/s1. The van der Waals surface area contributed by atoms with E-state index in [1.165, 1.54) is 44.9 Å². The highest BCUT2D eigenvalue weighted by Crippen LogP contribution is 2.32. The first-order valence-electron chi connectivity index (χ1n) is 25.6. The maximum absolute atomic E-state index is 14.4. The van der Waals surface area contributed by atoms with Gasteiger partial charge in [-0.05, 0) is 52.8 Å². The molecule has 0 aliphatic carbocycles. The number of azide groups is 1. The van der Waals surface area contributed by atoms with Gasteiger partial charge in [-0.15, -0.1) is 0 Å². The Labute approximate surface area is 419 Å². The topological polar surface area (TPSA) is 174 Å². The number of nitrogens with one attached hydrogen (secondary N) is 1. The van der Waals surface area contributed by atoms with Crippen molar-refractivity contribution in [3.63, 3.8) is 0 Å². The third-order valence-corrected chi connectivity index (χ3v) is 12.7. The summed E-state index contributed by atoms with van der Waals surface area (Å²) in [7, 11) is 0. The van der Waals surface area contributed by atoms with Crippen LogP contribution in [0.25, 0.3) is 10.4 Å². The number of carbonyl (C=O) groups excluding carboxylic acids is 1. The number of hydrogen-bond donors (Lipinski definition) is 3. The van der Waals surface area contributed by atoms with Gasteiger partial charge in [0.25, 0.3) is 5.91 Å². The first-order valence-corrected chi connectivity index (χ1v) is 25.6. The predicted octanol–water partition coefficient (Wildman–Crippen LogP) is 11.3. The van der Waals surface area contributed by atoms with Gasteiger partial charge in [0, 0.05) is 23.6 Å². The van der Waals surface area contributed by atoms with E-state index in [0.717, 1.165) is 60.6 Å². The normalized spacial score (nSPS) is 19.6. The lowest BCUT2D eigenvalue weighted by atomic mass is 9.97. The fourth-order valence-electron chi connectivity index (χ4n) is 8.57. The van der Waals surface area contributed by atoms with Crippen LogP contribution in [-0.2, 0) is 48.2 Å². The largest absolute Gasteiger partial charge is 0.390 e. The number of halogens is 2. The van der Waals surface area contributed by atoms with E-state index in [4.69, 9.17) is 34.0 Å². The van der Waals surface area contributed by atoms with Gasteiger partial charge < -0.3 is 44.0 Å². The van der Waals surface area contributed by atoms with Crippen molar-refractivity contribution in [3.8, 4) is 0 Å². The number of nitrogens with zero attached hydrogens (tertiary/aromatic N) is 3. The number of benzene rings is 4. The highest BCUT2D eigenvalue weighted by atomic mass is 19.2. The van der Waals surface area contributed by atoms with Crippen molar-refractivity contribution in [2.45, 2.75) is 166 Å². The molecule has 3 N–H and O–H groups in total. The monoisotopic (exact) mass is 987 g/mol. The van der Waals surface area contributed by atoms with Gasteiger partial charge in [0.1, 0.15) is 30.5 Å². The molecule has 0 radical (unpaired) electrons. The van der Waals surface area contributed by atoms with Crippen molar-refractivity contribution in [2.75, 3.05) is 26.4 Å². The quantitative estimate of drug-likeness (QED) is 0.0175. The van der Waals surface area contributed by atoms with Gasteiger partial charge in [0.15, 0.2) is 17.9 Å². The predicted molar refractivity (Wildman–Crippen MR) is 269 cm³/mol. The van der Waals surface area contributed by atoms with Gasteiger partial charge in [-0.25, -0.2) is 8.78 Å². The third-order valence-electron chi connectivity index (χ3n) is 12.7. The van der Waals surface area contributed by atoms with E-state index in [0.29, 0.717) is 6.42 Å². The molecule has 1 amide bonds. The minimum Gasteiger partial charge on any atom is -0.390 e. The Kier molecular flexibility index (Phi) is 26.6. The molecule has 5 rings (SSSR count). The van der Waals surface area contributed by atoms with Crippen LogP contribution in [0.5, 0.6) is 0 Å². The second-order valence-corrected chi connectivity index (χ2v) is 18.7. The van der Waals surface area contributed by atoms with Gasteiger partial charge in [0.05, 0.1) is 45.2 Å². The number of aliphatic hydroxyl groups excluding tert-OH is 2. The average molecular weight is 987 g/mol. The van der Waals surface area contributed by atoms with Crippen LogP contribution in [0.2, 0.25) is 0 Å². The van der Waals surface area contributed by atoms with Crippen molar-refractivity contribution < 1.29 is 52.2 Å². The van der Waals surface area contributed by atoms with Gasteiger partial charge in [-0.1, -0.05) is 187 Å². The molecular weight excluding hydrogens is 911 g/mol. The summed E-state index contributed by atoms with van der Waals surface area (Å²) in [6.45, 7) is 4.68. The van der Waals surface area contributed by atoms with Crippen molar-refractivity contribution >= 4 is 5.91 Å². The summed E-state index contributed by atoms with van der Waals surface area (Å²) in [5, 5.41) is 29.7. The summed E-state index contributed by atoms with van der Waals surface area (Å²) in [6, 6.07) is 30.4. The lowest BCUT2D eigenvalue weighted by molar-refractivity contribution is -0.329. The molecule has 13 nitrogen and oxygen atoms in total. The Bertz CT molecular complexity index is 2110. The Balaban J connectivity index is 1.39. The molecule has 0 saturated carbocycles. The van der Waals surface area contributed by atoms with Gasteiger partial charge in [0.2, 0.25) is 0 Å². The van der Waals surface area contributed by atoms with Crippen LogP contribution >= 0.6 is 0 Å². The minimum absolute atomic E-state index is 0.00715. The summed E-state index contributed by atoms with van der Waals surface area (Å²) in [5.41, 5.74) is 11.4. The van der Waals surface area contributed by atoms with Crippen LogP contribution in [0, 0.1) is 17.6 Å². The van der Waals surface area contributed by atoms with E-state index in [2.05, 4.69) is 22.3 Å². The van der Waals surface area contributed by atoms with Crippen LogP contribution in [0.1, 0.15) is 124 Å². The lowest BCUT2D eigenvalue weighted by Crippen LogP contribution is -2.62. The maximum atomic E-state index is 14.4. The number of rotatable bonds is 35. The zero-order chi connectivity index (χ0) is 50.5. The molecule has 1 aliphatic heterocycles. The highest BCUT2D eigenvalue weighted by Gasteiger charge is 2.49. The average Bonchev–Trinajstić information content (AvgIpc) is 3.39. The zero-order valence-electron chi connectivity index (χ0n) is 41.6. The second-order valence-electron chi connectivity index (χ2n) is 18.7. The van der Waals surface area contributed by atoms with E-state index in [1.54, 1.807) is 0 Å². The van der Waals surface area contributed by atoms with Crippen LogP contribution in [0.15, 0.2) is 114 Å². The molecule has 1 saturated heterocycles. The minimum atomic E-state index is -1.53. The third kappa shape index (κ3) is 20.7. The Morgan fingerprint density at radius 1 is 0.690 bits per heavy atom. The summed E-state index contributed by atoms with van der Waals surface area (Å²) < 4.78 is 68.2.